The highest BCUT2D eigenvalue weighted by molar-refractivity contribution is 6.31. The number of amidine groups is 2. The number of carbonyl (C=O) groups is 1. The smallest absolute Gasteiger partial charge is 0.242 e. The third-order valence-corrected chi connectivity index (χ3v) is 4.53. The molecule has 128 valence electrons. The second kappa shape index (κ2) is 6.69. The third kappa shape index (κ3) is 2.91. The van der Waals surface area contributed by atoms with Crippen molar-refractivity contribution in [3.8, 4) is 0 Å². The van der Waals surface area contributed by atoms with Crippen LogP contribution in [0.3, 0.4) is 0 Å². The van der Waals surface area contributed by atoms with Gasteiger partial charge in [-0.05, 0) is 49.7 Å². The van der Waals surface area contributed by atoms with Gasteiger partial charge in [-0.1, -0.05) is 30.7 Å². The minimum Gasteiger partial charge on any atom is -0.288 e. The van der Waals surface area contributed by atoms with E-state index >= 15 is 0 Å². The van der Waals surface area contributed by atoms with Gasteiger partial charge in [0.15, 0.2) is 0 Å². The molecule has 1 amide bonds. The zero-order valence-corrected chi connectivity index (χ0v) is 14.8. The average Bonchev–Trinajstić information content (AvgIpc) is 2.67. The molecule has 0 saturated carbocycles. The molecule has 2 N–H and O–H groups in total. The van der Waals surface area contributed by atoms with Crippen LogP contribution >= 0.6 is 11.6 Å². The fourth-order valence-corrected chi connectivity index (χ4v) is 3.23. The molecule has 25 heavy (non-hydrogen) atoms. The van der Waals surface area contributed by atoms with E-state index in [1.807, 2.05) is 31.2 Å². The molecule has 0 fully saturated rings. The van der Waals surface area contributed by atoms with Gasteiger partial charge in [0.25, 0.3) is 0 Å². The standard InChI is InChI=1S/C19H19ClN4O/c1-3-15-18(22)23(12(2)21)16-6-4-5-7-17(16)24(19(15)25)14-10-8-13(20)9-11-14/h4-11,15,21-22H,3H2,1-2H3. The number of hydrogen-bond donors (Lipinski definition) is 2. The van der Waals surface area contributed by atoms with E-state index in [0.717, 1.165) is 0 Å². The number of rotatable bonds is 2. The Hall–Kier alpha value is -2.66. The average molecular weight is 355 g/mol. The maximum atomic E-state index is 13.3. The number of nitrogens with zero attached hydrogens (tertiary/aromatic N) is 2. The van der Waals surface area contributed by atoms with Gasteiger partial charge in [0, 0.05) is 10.7 Å². The number of halogens is 1. The van der Waals surface area contributed by atoms with Crippen LogP contribution in [0.4, 0.5) is 17.1 Å². The van der Waals surface area contributed by atoms with Crippen molar-refractivity contribution in [2.75, 3.05) is 9.80 Å². The SMILES string of the molecule is CCC1C(=N)N(C(C)=N)c2ccccc2N(c2ccc(Cl)cc2)C1=O. The summed E-state index contributed by atoms with van der Waals surface area (Å²) >= 11 is 5.99. The summed E-state index contributed by atoms with van der Waals surface area (Å²) in [5, 5.41) is 17.2. The van der Waals surface area contributed by atoms with Crippen LogP contribution in [0.25, 0.3) is 0 Å². The zero-order chi connectivity index (χ0) is 18.1. The predicted molar refractivity (Wildman–Crippen MR) is 102 cm³/mol. The number of nitrogens with one attached hydrogen (secondary N) is 2. The molecule has 1 aliphatic heterocycles. The second-order valence-electron chi connectivity index (χ2n) is 5.91. The third-order valence-electron chi connectivity index (χ3n) is 4.28. The summed E-state index contributed by atoms with van der Waals surface area (Å²) in [6.07, 6.45) is 0.486. The van der Waals surface area contributed by atoms with Crippen molar-refractivity contribution in [3.63, 3.8) is 0 Å². The van der Waals surface area contributed by atoms with E-state index in [9.17, 15) is 4.79 Å². The largest absolute Gasteiger partial charge is 0.288 e. The van der Waals surface area contributed by atoms with Gasteiger partial charge in [-0.15, -0.1) is 0 Å². The van der Waals surface area contributed by atoms with Crippen LogP contribution < -0.4 is 9.80 Å². The second-order valence-corrected chi connectivity index (χ2v) is 6.34. The van der Waals surface area contributed by atoms with E-state index in [2.05, 4.69) is 0 Å². The highest BCUT2D eigenvalue weighted by Gasteiger charge is 2.38. The van der Waals surface area contributed by atoms with Crippen LogP contribution in [0.2, 0.25) is 5.02 Å². The first kappa shape index (κ1) is 17.2. The molecule has 0 saturated heterocycles. The number of amides is 1. The normalized spacial score (nSPS) is 17.3. The molecule has 3 rings (SSSR count). The van der Waals surface area contributed by atoms with Crippen molar-refractivity contribution in [1.29, 1.82) is 10.8 Å². The molecule has 5 nitrogen and oxygen atoms in total. The quantitative estimate of drug-likeness (QED) is 0.599. The Morgan fingerprint density at radius 2 is 1.72 bits per heavy atom. The van der Waals surface area contributed by atoms with Crippen molar-refractivity contribution >= 4 is 46.2 Å². The first-order valence-electron chi connectivity index (χ1n) is 8.08. The Balaban J connectivity index is 2.27. The van der Waals surface area contributed by atoms with E-state index < -0.39 is 5.92 Å². The van der Waals surface area contributed by atoms with Crippen LogP contribution in [-0.4, -0.2) is 17.6 Å². The van der Waals surface area contributed by atoms with Gasteiger partial charge in [0.2, 0.25) is 5.91 Å². The van der Waals surface area contributed by atoms with Gasteiger partial charge in [0.05, 0.1) is 17.3 Å². The molecule has 1 heterocycles. The Labute approximate surface area is 151 Å². The number of para-hydroxylation sites is 2. The van der Waals surface area contributed by atoms with Gasteiger partial charge < -0.3 is 0 Å². The molecule has 0 aliphatic carbocycles. The topological polar surface area (TPSA) is 71.2 Å². The van der Waals surface area contributed by atoms with Crippen LogP contribution in [0.15, 0.2) is 48.5 Å². The van der Waals surface area contributed by atoms with Crippen molar-refractivity contribution in [2.24, 2.45) is 5.92 Å². The molecule has 1 atom stereocenters. The fraction of sp³-hybridized carbons (Fsp3) is 0.211. The molecule has 6 heteroatoms. The van der Waals surface area contributed by atoms with Gasteiger partial charge >= 0.3 is 0 Å². The van der Waals surface area contributed by atoms with Crippen LogP contribution in [0, 0.1) is 16.7 Å². The first-order chi connectivity index (χ1) is 12.0. The van der Waals surface area contributed by atoms with Gasteiger partial charge in [-0.3, -0.25) is 25.4 Å². The molecule has 0 bridgehead atoms. The van der Waals surface area contributed by atoms with Crippen molar-refractivity contribution in [3.05, 3.63) is 53.6 Å². The molecule has 1 unspecified atom stereocenters. The lowest BCUT2D eigenvalue weighted by Gasteiger charge is -2.25. The molecular weight excluding hydrogens is 336 g/mol. The van der Waals surface area contributed by atoms with Crippen LogP contribution in [0.1, 0.15) is 20.3 Å². The predicted octanol–water partition coefficient (Wildman–Crippen LogP) is 4.83. The summed E-state index contributed by atoms with van der Waals surface area (Å²) in [7, 11) is 0. The first-order valence-corrected chi connectivity index (χ1v) is 8.45. The maximum Gasteiger partial charge on any atom is 0.242 e. The van der Waals surface area contributed by atoms with Gasteiger partial charge in [-0.2, -0.15) is 0 Å². The summed E-state index contributed by atoms with van der Waals surface area (Å²) in [5.74, 6) is -0.458. The van der Waals surface area contributed by atoms with Gasteiger partial charge in [0.1, 0.15) is 11.7 Å². The minimum absolute atomic E-state index is 0.129. The lowest BCUT2D eigenvalue weighted by Crippen LogP contribution is -2.41. The Morgan fingerprint density at radius 3 is 2.28 bits per heavy atom. The van der Waals surface area contributed by atoms with E-state index in [-0.39, 0.29) is 17.6 Å². The number of benzene rings is 2. The van der Waals surface area contributed by atoms with Gasteiger partial charge in [-0.25, -0.2) is 0 Å². The monoisotopic (exact) mass is 354 g/mol. The lowest BCUT2D eigenvalue weighted by molar-refractivity contribution is -0.119. The summed E-state index contributed by atoms with van der Waals surface area (Å²) in [4.78, 5) is 16.4. The van der Waals surface area contributed by atoms with E-state index in [0.29, 0.717) is 28.5 Å². The molecule has 0 aromatic heterocycles. The number of hydrogen-bond acceptors (Lipinski definition) is 3. The fourth-order valence-electron chi connectivity index (χ4n) is 3.11. The summed E-state index contributed by atoms with van der Waals surface area (Å²) in [6.45, 7) is 3.51. The highest BCUT2D eigenvalue weighted by atomic mass is 35.5. The Kier molecular flexibility index (Phi) is 4.59. The molecule has 2 aromatic rings. The van der Waals surface area contributed by atoms with E-state index in [1.165, 1.54) is 4.90 Å². The maximum absolute atomic E-state index is 13.3. The molecule has 0 radical (unpaired) electrons. The molecule has 1 aliphatic rings. The number of carbonyl (C=O) groups excluding carboxylic acids is 1. The summed E-state index contributed by atoms with van der Waals surface area (Å²) in [5.41, 5.74) is 2.00. The number of fused-ring (bicyclic) bond motifs is 1. The summed E-state index contributed by atoms with van der Waals surface area (Å²) < 4.78 is 0. The van der Waals surface area contributed by atoms with Crippen molar-refractivity contribution in [1.82, 2.24) is 0 Å². The highest BCUT2D eigenvalue weighted by Crippen LogP contribution is 2.40. The molecule has 2 aromatic carbocycles. The van der Waals surface area contributed by atoms with Crippen LogP contribution in [-0.2, 0) is 4.79 Å². The van der Waals surface area contributed by atoms with E-state index in [1.54, 1.807) is 36.1 Å². The minimum atomic E-state index is -0.622. The zero-order valence-electron chi connectivity index (χ0n) is 14.1. The summed E-state index contributed by atoms with van der Waals surface area (Å²) in [6, 6.07) is 14.4. The van der Waals surface area contributed by atoms with Crippen molar-refractivity contribution < 1.29 is 4.79 Å². The Morgan fingerprint density at radius 1 is 1.12 bits per heavy atom. The Bertz CT molecular complexity index is 847. The number of anilines is 3. The van der Waals surface area contributed by atoms with E-state index in [4.69, 9.17) is 22.4 Å². The van der Waals surface area contributed by atoms with Crippen LogP contribution in [0.5, 0.6) is 0 Å². The molecular formula is C19H19ClN4O. The lowest BCUT2D eigenvalue weighted by atomic mass is 10.0. The molecule has 0 spiro atoms. The van der Waals surface area contributed by atoms with Crippen molar-refractivity contribution in [2.45, 2.75) is 20.3 Å².